The Balaban J connectivity index is 2.06. The van der Waals surface area contributed by atoms with Crippen molar-refractivity contribution in [1.82, 2.24) is 10.3 Å². The minimum absolute atomic E-state index is 0.0895. The molecular weight excluding hydrogens is 196 g/mol. The molecule has 86 valence electrons. The molecule has 0 aliphatic carbocycles. The molecule has 1 aliphatic rings. The number of carbonyl (C=O) groups excluding carboxylic acids is 2. The third-order valence-corrected chi connectivity index (χ3v) is 2.72. The van der Waals surface area contributed by atoms with Crippen LogP contribution in [0.4, 0.5) is 0 Å². The van der Waals surface area contributed by atoms with Crippen molar-refractivity contribution in [3.63, 3.8) is 0 Å². The molecule has 0 aromatic carbocycles. The van der Waals surface area contributed by atoms with E-state index in [2.05, 4.69) is 5.43 Å². The van der Waals surface area contributed by atoms with Gasteiger partial charge in [-0.15, -0.1) is 0 Å². The van der Waals surface area contributed by atoms with Crippen LogP contribution in [0.3, 0.4) is 0 Å². The summed E-state index contributed by atoms with van der Waals surface area (Å²) in [6, 6.07) is -0.0895. The Morgan fingerprint density at radius 2 is 2.13 bits per heavy atom. The molecular formula is C9H18N4O2. The number of nitrogens with zero attached hydrogens (tertiary/aromatic N) is 1. The van der Waals surface area contributed by atoms with Crippen molar-refractivity contribution >= 4 is 11.8 Å². The minimum atomic E-state index is -0.249. The zero-order chi connectivity index (χ0) is 11.3. The van der Waals surface area contributed by atoms with Crippen LogP contribution >= 0.6 is 0 Å². The van der Waals surface area contributed by atoms with Crippen LogP contribution in [0.25, 0.3) is 0 Å². The first-order chi connectivity index (χ1) is 7.15. The van der Waals surface area contributed by atoms with Crippen LogP contribution in [-0.4, -0.2) is 35.8 Å². The fraction of sp³-hybridized carbons (Fsp3) is 0.778. The number of hydrogen-bond acceptors (Lipinski definition) is 4. The molecule has 1 heterocycles. The van der Waals surface area contributed by atoms with Gasteiger partial charge in [0.25, 0.3) is 0 Å². The predicted molar refractivity (Wildman–Crippen MR) is 55.4 cm³/mol. The van der Waals surface area contributed by atoms with Gasteiger partial charge in [-0.25, -0.2) is 5.84 Å². The highest BCUT2D eigenvalue weighted by Crippen LogP contribution is 2.17. The van der Waals surface area contributed by atoms with Crippen molar-refractivity contribution in [3.05, 3.63) is 0 Å². The lowest BCUT2D eigenvalue weighted by molar-refractivity contribution is -0.127. The van der Waals surface area contributed by atoms with Gasteiger partial charge in [-0.3, -0.25) is 19.9 Å². The Labute approximate surface area is 88.9 Å². The number of unbranched alkanes of at least 4 members (excludes halogenated alkanes) is 1. The second-order valence-electron chi connectivity index (χ2n) is 3.77. The minimum Gasteiger partial charge on any atom is -0.368 e. The first-order valence-corrected chi connectivity index (χ1v) is 5.18. The van der Waals surface area contributed by atoms with E-state index in [1.54, 1.807) is 0 Å². The van der Waals surface area contributed by atoms with Crippen LogP contribution in [0.5, 0.6) is 0 Å². The maximum atomic E-state index is 10.9. The molecule has 6 nitrogen and oxygen atoms in total. The highest BCUT2D eigenvalue weighted by molar-refractivity contribution is 5.80. The van der Waals surface area contributed by atoms with Gasteiger partial charge in [0.1, 0.15) is 0 Å². The molecule has 15 heavy (non-hydrogen) atoms. The zero-order valence-corrected chi connectivity index (χ0v) is 8.74. The highest BCUT2D eigenvalue weighted by atomic mass is 16.2. The van der Waals surface area contributed by atoms with Crippen molar-refractivity contribution in [2.45, 2.75) is 31.7 Å². The van der Waals surface area contributed by atoms with Crippen molar-refractivity contribution in [1.29, 1.82) is 0 Å². The summed E-state index contributed by atoms with van der Waals surface area (Å²) in [6.45, 7) is 1.75. The zero-order valence-electron chi connectivity index (χ0n) is 8.74. The van der Waals surface area contributed by atoms with Crippen LogP contribution in [0, 0.1) is 0 Å². The lowest BCUT2D eigenvalue weighted by atomic mass is 10.0. The third kappa shape index (κ3) is 3.49. The van der Waals surface area contributed by atoms with Crippen LogP contribution < -0.4 is 17.0 Å². The Morgan fingerprint density at radius 3 is 2.60 bits per heavy atom. The van der Waals surface area contributed by atoms with E-state index in [0.717, 1.165) is 32.4 Å². The van der Waals surface area contributed by atoms with Gasteiger partial charge >= 0.3 is 0 Å². The van der Waals surface area contributed by atoms with Crippen LogP contribution in [-0.2, 0) is 9.59 Å². The molecule has 1 unspecified atom stereocenters. The maximum Gasteiger partial charge on any atom is 0.234 e. The molecule has 0 radical (unpaired) electrons. The number of nitrogens with one attached hydrogen (secondary N) is 1. The number of hydrogen-bond donors (Lipinski definition) is 3. The number of primary amides is 1. The molecule has 0 aromatic heterocycles. The maximum absolute atomic E-state index is 10.9. The number of amides is 2. The summed E-state index contributed by atoms with van der Waals surface area (Å²) >= 11 is 0. The van der Waals surface area contributed by atoms with E-state index in [1.807, 2.05) is 4.90 Å². The topological polar surface area (TPSA) is 101 Å². The summed E-state index contributed by atoms with van der Waals surface area (Å²) in [6.07, 6.45) is 2.96. The quantitative estimate of drug-likeness (QED) is 0.221. The van der Waals surface area contributed by atoms with Crippen LogP contribution in [0.2, 0.25) is 0 Å². The fourth-order valence-corrected chi connectivity index (χ4v) is 1.70. The molecule has 1 saturated heterocycles. The average Bonchev–Trinajstić information content (AvgIpc) is 2.14. The first kappa shape index (κ1) is 11.9. The number of rotatable bonds is 6. The fourth-order valence-electron chi connectivity index (χ4n) is 1.70. The van der Waals surface area contributed by atoms with E-state index < -0.39 is 0 Å². The molecule has 1 rings (SSSR count). The largest absolute Gasteiger partial charge is 0.368 e. The summed E-state index contributed by atoms with van der Waals surface area (Å²) in [4.78, 5) is 23.7. The smallest absolute Gasteiger partial charge is 0.234 e. The Bertz CT molecular complexity index is 244. The molecule has 5 N–H and O–H groups in total. The Morgan fingerprint density at radius 1 is 1.40 bits per heavy atom. The summed E-state index contributed by atoms with van der Waals surface area (Å²) in [5.74, 6) is 4.54. The lowest BCUT2D eigenvalue weighted by Crippen LogP contribution is -2.54. The predicted octanol–water partition coefficient (Wildman–Crippen LogP) is -1.29. The standard InChI is InChI=1S/C9H18N4O2/c10-9(15)7-4-6-13(7)5-2-1-3-8(14)12-11/h7H,1-6,11H2,(H2,10,15)(H,12,14). The normalized spacial score (nSPS) is 20.7. The Hall–Kier alpha value is -1.14. The molecule has 0 spiro atoms. The van der Waals surface area contributed by atoms with Crippen molar-refractivity contribution < 1.29 is 9.59 Å². The van der Waals surface area contributed by atoms with Crippen molar-refractivity contribution in [2.24, 2.45) is 11.6 Å². The molecule has 1 fully saturated rings. The van der Waals surface area contributed by atoms with Gasteiger partial charge in [0.15, 0.2) is 0 Å². The van der Waals surface area contributed by atoms with Gasteiger partial charge in [-0.2, -0.15) is 0 Å². The third-order valence-electron chi connectivity index (χ3n) is 2.72. The number of nitrogens with two attached hydrogens (primary N) is 2. The van der Waals surface area contributed by atoms with E-state index >= 15 is 0 Å². The molecule has 2 amide bonds. The molecule has 0 saturated carbocycles. The van der Waals surface area contributed by atoms with E-state index in [0.29, 0.717) is 6.42 Å². The van der Waals surface area contributed by atoms with Crippen molar-refractivity contribution in [2.75, 3.05) is 13.1 Å². The number of hydrazine groups is 1. The van der Waals surface area contributed by atoms with E-state index in [1.165, 1.54) is 0 Å². The van der Waals surface area contributed by atoms with Gasteiger partial charge < -0.3 is 5.73 Å². The second kappa shape index (κ2) is 5.67. The van der Waals surface area contributed by atoms with Gasteiger partial charge in [0.2, 0.25) is 11.8 Å². The Kier molecular flexibility index (Phi) is 4.51. The molecule has 6 heteroatoms. The van der Waals surface area contributed by atoms with Gasteiger partial charge in [0, 0.05) is 13.0 Å². The second-order valence-corrected chi connectivity index (χ2v) is 3.77. The van der Waals surface area contributed by atoms with E-state index in [4.69, 9.17) is 11.6 Å². The first-order valence-electron chi connectivity index (χ1n) is 5.18. The number of likely N-dealkylation sites (tertiary alicyclic amines) is 1. The van der Waals surface area contributed by atoms with Crippen LogP contribution in [0.1, 0.15) is 25.7 Å². The van der Waals surface area contributed by atoms with Crippen LogP contribution in [0.15, 0.2) is 0 Å². The molecule has 0 bridgehead atoms. The monoisotopic (exact) mass is 214 g/mol. The highest BCUT2D eigenvalue weighted by Gasteiger charge is 2.31. The SMILES string of the molecule is NNC(=O)CCCCN1CCC1C(N)=O. The molecule has 0 aromatic rings. The number of carbonyl (C=O) groups is 2. The molecule has 1 aliphatic heterocycles. The summed E-state index contributed by atoms with van der Waals surface area (Å²) < 4.78 is 0. The van der Waals surface area contributed by atoms with E-state index in [9.17, 15) is 9.59 Å². The van der Waals surface area contributed by atoms with Gasteiger partial charge in [-0.05, 0) is 25.8 Å². The summed E-state index contributed by atoms with van der Waals surface area (Å²) in [5.41, 5.74) is 7.28. The van der Waals surface area contributed by atoms with E-state index in [-0.39, 0.29) is 17.9 Å². The van der Waals surface area contributed by atoms with Crippen molar-refractivity contribution in [3.8, 4) is 0 Å². The average molecular weight is 214 g/mol. The summed E-state index contributed by atoms with van der Waals surface area (Å²) in [7, 11) is 0. The van der Waals surface area contributed by atoms with Gasteiger partial charge in [0.05, 0.1) is 6.04 Å². The van der Waals surface area contributed by atoms with Gasteiger partial charge in [-0.1, -0.05) is 0 Å². The lowest BCUT2D eigenvalue weighted by Gasteiger charge is -2.38. The summed E-state index contributed by atoms with van der Waals surface area (Å²) in [5, 5.41) is 0. The molecule has 1 atom stereocenters.